The molecular formula is C26H31N5O4. The number of ether oxygens (including phenoxy) is 1. The van der Waals surface area contributed by atoms with E-state index in [1.807, 2.05) is 50.1 Å². The zero-order valence-electron chi connectivity index (χ0n) is 20.6. The first-order chi connectivity index (χ1) is 16.7. The van der Waals surface area contributed by atoms with Crippen molar-refractivity contribution in [2.24, 2.45) is 0 Å². The van der Waals surface area contributed by atoms with E-state index in [4.69, 9.17) is 4.74 Å². The number of carboxylic acids is 1. The summed E-state index contributed by atoms with van der Waals surface area (Å²) in [6, 6.07) is 13.7. The second-order valence-electron chi connectivity index (χ2n) is 8.41. The molecule has 9 heteroatoms. The monoisotopic (exact) mass is 477 g/mol. The van der Waals surface area contributed by atoms with E-state index in [2.05, 4.69) is 15.3 Å². The second kappa shape index (κ2) is 11.3. The summed E-state index contributed by atoms with van der Waals surface area (Å²) in [6.07, 6.45) is 1.45. The van der Waals surface area contributed by atoms with E-state index < -0.39 is 18.1 Å². The number of hydrogen-bond acceptors (Lipinski definition) is 7. The van der Waals surface area contributed by atoms with Crippen molar-refractivity contribution in [3.63, 3.8) is 0 Å². The van der Waals surface area contributed by atoms with Gasteiger partial charge in [-0.25, -0.2) is 14.6 Å². The Morgan fingerprint density at radius 1 is 1.06 bits per heavy atom. The Balaban J connectivity index is 1.89. The number of carboxylic acid groups (broad SMARTS) is 1. The van der Waals surface area contributed by atoms with Crippen LogP contribution >= 0.6 is 0 Å². The highest BCUT2D eigenvalue weighted by molar-refractivity contribution is 5.83. The molecule has 2 aromatic carbocycles. The van der Waals surface area contributed by atoms with E-state index in [1.165, 1.54) is 4.90 Å². The number of carbonyl (C=O) groups excluding carboxylic acids is 1. The van der Waals surface area contributed by atoms with Crippen LogP contribution in [-0.4, -0.2) is 65.8 Å². The normalized spacial score (nSPS) is 11.5. The number of nitrogens with one attached hydrogen (secondary N) is 1. The summed E-state index contributed by atoms with van der Waals surface area (Å²) >= 11 is 0. The topological polar surface area (TPSA) is 108 Å². The lowest BCUT2D eigenvalue weighted by molar-refractivity contribution is -0.137. The maximum atomic E-state index is 12.2. The molecular weight excluding hydrogens is 446 g/mol. The van der Waals surface area contributed by atoms with Crippen LogP contribution in [0.5, 0.6) is 5.75 Å². The molecule has 35 heavy (non-hydrogen) atoms. The van der Waals surface area contributed by atoms with Gasteiger partial charge in [0.2, 0.25) is 5.95 Å². The molecule has 3 rings (SSSR count). The maximum Gasteiger partial charge on any atom is 0.414 e. The summed E-state index contributed by atoms with van der Waals surface area (Å²) in [7, 11) is 5.08. The molecule has 0 fully saturated rings. The molecule has 0 saturated carbocycles. The number of benzene rings is 2. The van der Waals surface area contributed by atoms with E-state index in [-0.39, 0.29) is 6.42 Å². The number of anilines is 2. The molecule has 0 aliphatic rings. The number of amides is 1. The summed E-state index contributed by atoms with van der Waals surface area (Å²) in [4.78, 5) is 36.3. The molecule has 0 radical (unpaired) electrons. The Morgan fingerprint density at radius 3 is 2.34 bits per heavy atom. The van der Waals surface area contributed by atoms with Crippen molar-refractivity contribution in [2.75, 3.05) is 37.9 Å². The van der Waals surface area contributed by atoms with Crippen LogP contribution in [0, 0.1) is 6.92 Å². The fraction of sp³-hybridized carbons (Fsp3) is 0.308. The largest absolute Gasteiger partial charge is 0.480 e. The van der Waals surface area contributed by atoms with E-state index >= 15 is 0 Å². The number of carbonyl (C=O) groups is 2. The molecule has 0 aliphatic heterocycles. The summed E-state index contributed by atoms with van der Waals surface area (Å²) in [5.74, 6) is 0.335. The smallest absolute Gasteiger partial charge is 0.414 e. The first-order valence-corrected chi connectivity index (χ1v) is 11.3. The van der Waals surface area contributed by atoms with Crippen molar-refractivity contribution in [1.29, 1.82) is 0 Å². The third-order valence-electron chi connectivity index (χ3n) is 5.57. The van der Waals surface area contributed by atoms with Gasteiger partial charge in [-0.1, -0.05) is 36.4 Å². The van der Waals surface area contributed by atoms with E-state index in [0.717, 1.165) is 22.3 Å². The molecule has 9 nitrogen and oxygen atoms in total. The highest BCUT2D eigenvalue weighted by Crippen LogP contribution is 2.30. The number of aromatic nitrogens is 2. The number of hydrogen-bond donors (Lipinski definition) is 2. The van der Waals surface area contributed by atoms with Crippen molar-refractivity contribution in [3.8, 4) is 16.9 Å². The Kier molecular flexibility index (Phi) is 8.25. The van der Waals surface area contributed by atoms with Crippen molar-refractivity contribution in [1.82, 2.24) is 14.9 Å². The number of rotatable bonds is 9. The first-order valence-electron chi connectivity index (χ1n) is 11.3. The zero-order valence-corrected chi connectivity index (χ0v) is 20.6. The Labute approximate surface area is 205 Å². The lowest BCUT2D eigenvalue weighted by Gasteiger charge is -2.21. The minimum absolute atomic E-state index is 0.202. The van der Waals surface area contributed by atoms with Gasteiger partial charge in [0.25, 0.3) is 0 Å². The van der Waals surface area contributed by atoms with Crippen LogP contribution < -0.4 is 15.0 Å². The van der Waals surface area contributed by atoms with Crippen LogP contribution in [-0.2, 0) is 11.2 Å². The lowest BCUT2D eigenvalue weighted by Crippen LogP contribution is -2.32. The Bertz CT molecular complexity index is 1180. The Morgan fingerprint density at radius 2 is 1.74 bits per heavy atom. The summed E-state index contributed by atoms with van der Waals surface area (Å²) < 4.78 is 5.23. The van der Waals surface area contributed by atoms with Crippen LogP contribution in [0.3, 0.4) is 0 Å². The molecule has 1 atom stereocenters. The highest BCUT2D eigenvalue weighted by atomic mass is 16.6. The van der Waals surface area contributed by atoms with Crippen molar-refractivity contribution in [3.05, 3.63) is 65.9 Å². The van der Waals surface area contributed by atoms with Gasteiger partial charge < -0.3 is 25.0 Å². The van der Waals surface area contributed by atoms with Crippen LogP contribution in [0.4, 0.5) is 16.6 Å². The molecule has 2 N–H and O–H groups in total. The fourth-order valence-corrected chi connectivity index (χ4v) is 3.37. The second-order valence-corrected chi connectivity index (χ2v) is 8.41. The molecule has 0 aliphatic carbocycles. The van der Waals surface area contributed by atoms with Crippen LogP contribution in [0.25, 0.3) is 11.1 Å². The molecule has 1 aromatic heterocycles. The summed E-state index contributed by atoms with van der Waals surface area (Å²) in [5, 5.41) is 13.1. The zero-order chi connectivity index (χ0) is 25.5. The van der Waals surface area contributed by atoms with Gasteiger partial charge >= 0.3 is 12.1 Å². The molecule has 184 valence electrons. The van der Waals surface area contributed by atoms with Gasteiger partial charge in [-0.15, -0.1) is 0 Å². The Hall–Kier alpha value is -4.14. The van der Waals surface area contributed by atoms with Crippen LogP contribution in [0.1, 0.15) is 18.1 Å². The number of nitrogens with zero attached hydrogens (tertiary/aromatic N) is 4. The van der Waals surface area contributed by atoms with E-state index in [1.54, 1.807) is 44.6 Å². The van der Waals surface area contributed by atoms with Crippen molar-refractivity contribution >= 4 is 23.8 Å². The van der Waals surface area contributed by atoms with Crippen LogP contribution in [0.2, 0.25) is 0 Å². The SMILES string of the molecule is CCN(C)c1ncc(-c2ccccc2C)c(N[C@@H](Cc2ccc(OC(=O)N(C)C)cc2)C(=O)O)n1. The minimum atomic E-state index is -1.01. The van der Waals surface area contributed by atoms with Gasteiger partial charge in [-0.2, -0.15) is 4.98 Å². The average Bonchev–Trinajstić information content (AvgIpc) is 2.84. The lowest BCUT2D eigenvalue weighted by atomic mass is 10.0. The third-order valence-corrected chi connectivity index (χ3v) is 5.57. The number of aliphatic carboxylic acids is 1. The predicted octanol–water partition coefficient (Wildman–Crippen LogP) is 4.08. The quantitative estimate of drug-likeness (QED) is 0.475. The van der Waals surface area contributed by atoms with Gasteiger partial charge in [0.15, 0.2) is 0 Å². The molecule has 1 heterocycles. The van der Waals surface area contributed by atoms with Crippen molar-refractivity contribution in [2.45, 2.75) is 26.3 Å². The standard InChI is InChI=1S/C26H31N5O4/c1-6-31(5)25-27-16-21(20-10-8-7-9-17(20)2)23(29-25)28-22(24(32)33)15-18-11-13-19(14-12-18)35-26(34)30(3)4/h7-14,16,22H,6,15H2,1-5H3,(H,32,33)(H,27,28,29)/t22-/m0/s1. The molecule has 0 bridgehead atoms. The molecule has 0 saturated heterocycles. The van der Waals surface area contributed by atoms with E-state index in [0.29, 0.717) is 24.1 Å². The predicted molar refractivity (Wildman–Crippen MR) is 136 cm³/mol. The van der Waals surface area contributed by atoms with Crippen molar-refractivity contribution < 1.29 is 19.4 Å². The molecule has 1 amide bonds. The maximum absolute atomic E-state index is 12.2. The average molecular weight is 478 g/mol. The summed E-state index contributed by atoms with van der Waals surface area (Å²) in [6.45, 7) is 4.69. The minimum Gasteiger partial charge on any atom is -0.480 e. The van der Waals surface area contributed by atoms with Gasteiger partial charge in [-0.05, 0) is 42.7 Å². The molecule has 3 aromatic rings. The number of aryl methyl sites for hydroxylation is 1. The third kappa shape index (κ3) is 6.47. The van der Waals surface area contributed by atoms with Crippen LogP contribution in [0.15, 0.2) is 54.7 Å². The molecule has 0 spiro atoms. The highest BCUT2D eigenvalue weighted by Gasteiger charge is 2.22. The van der Waals surface area contributed by atoms with Gasteiger partial charge in [0, 0.05) is 45.9 Å². The van der Waals surface area contributed by atoms with Gasteiger partial charge in [0.1, 0.15) is 17.6 Å². The fourth-order valence-electron chi connectivity index (χ4n) is 3.37. The van der Waals surface area contributed by atoms with E-state index in [9.17, 15) is 14.7 Å². The first kappa shape index (κ1) is 25.5. The van der Waals surface area contributed by atoms with Gasteiger partial charge in [0.05, 0.1) is 0 Å². The summed E-state index contributed by atoms with van der Waals surface area (Å²) in [5.41, 5.74) is 3.46. The van der Waals surface area contributed by atoms with Gasteiger partial charge in [-0.3, -0.25) is 0 Å². The molecule has 0 unspecified atom stereocenters.